The van der Waals surface area contributed by atoms with Gasteiger partial charge in [-0.2, -0.15) is 0 Å². The summed E-state index contributed by atoms with van der Waals surface area (Å²) in [5, 5.41) is 10.3. The summed E-state index contributed by atoms with van der Waals surface area (Å²) in [4.78, 5) is 0. The average molecular weight is 323 g/mol. The predicted octanol–water partition coefficient (Wildman–Crippen LogP) is 2.87. The Kier molecular flexibility index (Phi) is 4.50. The Morgan fingerprint density at radius 3 is 2.00 bits per heavy atom. The van der Waals surface area contributed by atoms with Crippen LogP contribution in [0.5, 0.6) is 0 Å². The van der Waals surface area contributed by atoms with Crippen LogP contribution in [0.15, 0.2) is 7.35 Å². The standard InChI is InChI=1S/C4H5I2O/c1-2-3(5)4(6)7/h2H2,1H3. The van der Waals surface area contributed by atoms with Gasteiger partial charge in [0.2, 0.25) is 3.77 Å². The van der Waals surface area contributed by atoms with E-state index in [-0.39, 0.29) is 3.77 Å². The fourth-order valence-electron chi connectivity index (χ4n) is 0.139. The van der Waals surface area contributed by atoms with E-state index in [0.717, 1.165) is 10.0 Å². The Morgan fingerprint density at radius 1 is 1.57 bits per heavy atom. The van der Waals surface area contributed by atoms with Gasteiger partial charge in [-0.05, 0) is 29.0 Å². The van der Waals surface area contributed by atoms with Crippen LogP contribution in [-0.2, 0) is 5.11 Å². The van der Waals surface area contributed by atoms with Crippen LogP contribution in [0.1, 0.15) is 13.3 Å². The Hall–Kier alpha value is 1.00. The highest BCUT2D eigenvalue weighted by Crippen LogP contribution is 2.19. The van der Waals surface area contributed by atoms with Crippen molar-refractivity contribution >= 4 is 45.2 Å². The molecule has 1 nitrogen and oxygen atoms in total. The summed E-state index contributed by atoms with van der Waals surface area (Å²) in [6.45, 7) is 1.97. The second-order valence-corrected chi connectivity index (χ2v) is 3.31. The van der Waals surface area contributed by atoms with Crippen LogP contribution in [-0.4, -0.2) is 0 Å². The number of hydrogen-bond donors (Lipinski definition) is 0. The van der Waals surface area contributed by atoms with Crippen molar-refractivity contribution < 1.29 is 5.11 Å². The van der Waals surface area contributed by atoms with Crippen LogP contribution in [0.3, 0.4) is 0 Å². The van der Waals surface area contributed by atoms with Gasteiger partial charge in [-0.1, -0.05) is 6.92 Å². The lowest BCUT2D eigenvalue weighted by atomic mass is 10.5. The molecule has 0 saturated carbocycles. The summed E-state index contributed by atoms with van der Waals surface area (Å²) >= 11 is 3.84. The number of halogens is 2. The molecule has 0 spiro atoms. The van der Waals surface area contributed by atoms with Crippen LogP contribution in [0.2, 0.25) is 0 Å². The molecular formula is C4H5I2O. The van der Waals surface area contributed by atoms with Crippen molar-refractivity contribution in [2.75, 3.05) is 0 Å². The van der Waals surface area contributed by atoms with E-state index >= 15 is 0 Å². The van der Waals surface area contributed by atoms with E-state index in [2.05, 4.69) is 22.6 Å². The molecule has 0 aliphatic carbocycles. The van der Waals surface area contributed by atoms with Crippen molar-refractivity contribution in [3.63, 3.8) is 0 Å². The molecule has 7 heavy (non-hydrogen) atoms. The number of allylic oxidation sites excluding steroid dienone is 1. The lowest BCUT2D eigenvalue weighted by Crippen LogP contribution is -1.67. The average Bonchev–Trinajstić information content (AvgIpc) is 1.65. The van der Waals surface area contributed by atoms with E-state index in [0.29, 0.717) is 0 Å². The molecule has 0 unspecified atom stereocenters. The zero-order chi connectivity index (χ0) is 5.86. The summed E-state index contributed by atoms with van der Waals surface area (Å²) in [5.41, 5.74) is 0. The molecule has 3 heteroatoms. The van der Waals surface area contributed by atoms with Crippen molar-refractivity contribution in [3.05, 3.63) is 7.35 Å². The van der Waals surface area contributed by atoms with Gasteiger partial charge in [0, 0.05) is 26.2 Å². The van der Waals surface area contributed by atoms with Crippen LogP contribution < -0.4 is 0 Å². The molecule has 0 N–H and O–H groups in total. The minimum atomic E-state index is 0.167. The van der Waals surface area contributed by atoms with Crippen LogP contribution in [0.4, 0.5) is 0 Å². The smallest absolute Gasteiger partial charge is 0.224 e. The van der Waals surface area contributed by atoms with Gasteiger partial charge in [0.1, 0.15) is 0 Å². The molecule has 0 aromatic heterocycles. The molecule has 0 aliphatic rings. The first-order chi connectivity index (χ1) is 3.18. The zero-order valence-corrected chi connectivity index (χ0v) is 8.19. The summed E-state index contributed by atoms with van der Waals surface area (Å²) in [6.07, 6.45) is 0.863. The van der Waals surface area contributed by atoms with Crippen LogP contribution in [0, 0.1) is 0 Å². The first-order valence-corrected chi connectivity index (χ1v) is 4.05. The van der Waals surface area contributed by atoms with E-state index in [1.54, 1.807) is 22.6 Å². The molecule has 0 atom stereocenters. The highest BCUT2D eigenvalue weighted by molar-refractivity contribution is 14.1. The third-order valence-electron chi connectivity index (χ3n) is 0.524. The molecule has 0 fully saturated rings. The minimum Gasteiger partial charge on any atom is -0.282 e. The lowest BCUT2D eigenvalue weighted by Gasteiger charge is -1.85. The first-order valence-electron chi connectivity index (χ1n) is 1.89. The van der Waals surface area contributed by atoms with Crippen molar-refractivity contribution in [1.82, 2.24) is 0 Å². The van der Waals surface area contributed by atoms with Gasteiger partial charge in [-0.15, -0.1) is 0 Å². The Labute approximate surface area is 70.5 Å². The first kappa shape index (κ1) is 8.00. The zero-order valence-electron chi connectivity index (χ0n) is 3.87. The molecule has 0 heterocycles. The maximum atomic E-state index is 10.3. The van der Waals surface area contributed by atoms with E-state index in [4.69, 9.17) is 0 Å². The van der Waals surface area contributed by atoms with Crippen molar-refractivity contribution in [3.8, 4) is 0 Å². The molecule has 41 valence electrons. The Balaban J connectivity index is 3.72. The van der Waals surface area contributed by atoms with Gasteiger partial charge in [-0.3, -0.25) is 5.11 Å². The molecular weight excluding hydrogens is 318 g/mol. The van der Waals surface area contributed by atoms with E-state index in [9.17, 15) is 5.11 Å². The van der Waals surface area contributed by atoms with Gasteiger partial charge in [0.25, 0.3) is 0 Å². The third-order valence-corrected chi connectivity index (χ3v) is 3.46. The molecule has 0 aromatic carbocycles. The topological polar surface area (TPSA) is 19.9 Å². The molecule has 0 aliphatic heterocycles. The molecule has 0 bridgehead atoms. The van der Waals surface area contributed by atoms with Crippen molar-refractivity contribution in [2.24, 2.45) is 0 Å². The summed E-state index contributed by atoms with van der Waals surface area (Å²) in [6, 6.07) is 0. The van der Waals surface area contributed by atoms with Crippen molar-refractivity contribution in [1.29, 1.82) is 0 Å². The molecule has 0 aromatic rings. The maximum Gasteiger partial charge on any atom is 0.224 e. The van der Waals surface area contributed by atoms with Crippen molar-refractivity contribution in [2.45, 2.75) is 13.3 Å². The molecule has 0 saturated heterocycles. The van der Waals surface area contributed by atoms with Gasteiger partial charge in [0.15, 0.2) is 0 Å². The van der Waals surface area contributed by atoms with Gasteiger partial charge in [-0.25, -0.2) is 0 Å². The summed E-state index contributed by atoms with van der Waals surface area (Å²) in [5.74, 6) is 0. The van der Waals surface area contributed by atoms with Gasteiger partial charge >= 0.3 is 0 Å². The Bertz CT molecular complexity index is 83.7. The fraction of sp³-hybridized carbons (Fsp3) is 0.500. The fourth-order valence-corrected chi connectivity index (χ4v) is 0.520. The number of rotatable bonds is 1. The maximum absolute atomic E-state index is 10.3. The normalized spacial score (nSPS) is 13.6. The van der Waals surface area contributed by atoms with E-state index < -0.39 is 0 Å². The monoisotopic (exact) mass is 323 g/mol. The largest absolute Gasteiger partial charge is 0.282 e. The second-order valence-electron chi connectivity index (χ2n) is 1.03. The third kappa shape index (κ3) is 3.57. The highest BCUT2D eigenvalue weighted by atomic mass is 127. The van der Waals surface area contributed by atoms with E-state index in [1.165, 1.54) is 0 Å². The molecule has 0 rings (SSSR count). The number of hydrogen-bond acceptors (Lipinski definition) is 0. The lowest BCUT2D eigenvalue weighted by molar-refractivity contribution is 0.342. The van der Waals surface area contributed by atoms with E-state index in [1.807, 2.05) is 6.92 Å². The van der Waals surface area contributed by atoms with Gasteiger partial charge < -0.3 is 0 Å². The SMILES string of the molecule is CCC(I)=C([O])I. The Morgan fingerprint density at radius 2 is 2.00 bits per heavy atom. The molecule has 0 amide bonds. The summed E-state index contributed by atoms with van der Waals surface area (Å²) < 4.78 is 1.08. The minimum absolute atomic E-state index is 0.167. The highest BCUT2D eigenvalue weighted by Gasteiger charge is 1.93. The summed E-state index contributed by atoms with van der Waals surface area (Å²) in [7, 11) is 0. The van der Waals surface area contributed by atoms with Crippen LogP contribution in [0.25, 0.3) is 0 Å². The van der Waals surface area contributed by atoms with Crippen LogP contribution >= 0.6 is 45.2 Å². The second kappa shape index (κ2) is 3.94. The van der Waals surface area contributed by atoms with Gasteiger partial charge in [0.05, 0.1) is 0 Å². The molecule has 1 radical (unpaired) electrons. The quantitative estimate of drug-likeness (QED) is 0.522. The predicted molar refractivity (Wildman–Crippen MR) is 46.0 cm³/mol.